The molecule has 0 spiro atoms. The molecule has 5 rings (SSSR count). The molecule has 2 aromatic carbocycles. The van der Waals surface area contributed by atoms with E-state index in [9.17, 15) is 22.4 Å². The fraction of sp³-hybridized carbons (Fsp3) is 0.481. The number of nitrogens with zero attached hydrogens (tertiary/aromatic N) is 2. The Morgan fingerprint density at radius 2 is 1.97 bits per heavy atom. The van der Waals surface area contributed by atoms with E-state index in [-0.39, 0.29) is 24.6 Å². The van der Waals surface area contributed by atoms with Gasteiger partial charge in [-0.2, -0.15) is 18.3 Å². The molecule has 2 N–H and O–H groups in total. The molecule has 9 heteroatoms. The van der Waals surface area contributed by atoms with Gasteiger partial charge in [-0.3, -0.25) is 4.79 Å². The third-order valence-corrected chi connectivity index (χ3v) is 8.37. The number of hydrogen-bond donors (Lipinski definition) is 1. The van der Waals surface area contributed by atoms with E-state index in [4.69, 9.17) is 10.5 Å². The Morgan fingerprint density at radius 1 is 1.22 bits per heavy atom. The number of hydrogen-bond acceptors (Lipinski definition) is 3. The van der Waals surface area contributed by atoms with Gasteiger partial charge in [-0.1, -0.05) is 6.92 Å². The first kappa shape index (κ1) is 24.7. The number of alkyl halides is 3. The van der Waals surface area contributed by atoms with Gasteiger partial charge < -0.3 is 10.5 Å². The van der Waals surface area contributed by atoms with Crippen LogP contribution in [0.15, 0.2) is 42.6 Å². The summed E-state index contributed by atoms with van der Waals surface area (Å²) in [5.74, 6) is -1.48. The van der Waals surface area contributed by atoms with Crippen LogP contribution in [0.1, 0.15) is 56.6 Å². The summed E-state index contributed by atoms with van der Waals surface area (Å²) in [5, 5.41) is 5.41. The minimum atomic E-state index is -4.60. The van der Waals surface area contributed by atoms with Crippen molar-refractivity contribution in [3.63, 3.8) is 0 Å². The monoisotopic (exact) mass is 503 g/mol. The molecule has 0 aliphatic heterocycles. The number of amides is 1. The van der Waals surface area contributed by atoms with Crippen molar-refractivity contribution in [3.05, 3.63) is 59.5 Å². The lowest BCUT2D eigenvalue weighted by atomic mass is 9.56. The first-order valence-corrected chi connectivity index (χ1v) is 12.3. The van der Waals surface area contributed by atoms with Crippen LogP contribution in [0.4, 0.5) is 17.6 Å². The number of benzene rings is 2. The number of ether oxygens (including phenoxy) is 1. The summed E-state index contributed by atoms with van der Waals surface area (Å²) in [6.45, 7) is 1.30. The molecule has 2 aliphatic carbocycles. The zero-order chi connectivity index (χ0) is 25.7. The van der Waals surface area contributed by atoms with E-state index in [0.29, 0.717) is 19.3 Å². The molecule has 2 aliphatic rings. The Bertz CT molecular complexity index is 1290. The molecule has 5 nitrogen and oxygen atoms in total. The maximum Gasteiger partial charge on any atom is 0.417 e. The molecular weight excluding hydrogens is 474 g/mol. The molecule has 0 bridgehead atoms. The van der Waals surface area contributed by atoms with Gasteiger partial charge in [0, 0.05) is 5.39 Å². The topological polar surface area (TPSA) is 70.1 Å². The van der Waals surface area contributed by atoms with E-state index in [1.165, 1.54) is 12.1 Å². The molecule has 192 valence electrons. The van der Waals surface area contributed by atoms with Crippen LogP contribution >= 0.6 is 0 Å². The van der Waals surface area contributed by atoms with Crippen molar-refractivity contribution in [1.29, 1.82) is 0 Å². The number of primary amides is 1. The van der Waals surface area contributed by atoms with E-state index >= 15 is 0 Å². The Morgan fingerprint density at radius 3 is 2.64 bits per heavy atom. The maximum absolute atomic E-state index is 14.3. The van der Waals surface area contributed by atoms with Gasteiger partial charge in [0.05, 0.1) is 17.4 Å². The molecule has 1 amide bonds. The summed E-state index contributed by atoms with van der Waals surface area (Å²) in [7, 11) is 0. The van der Waals surface area contributed by atoms with Crippen molar-refractivity contribution in [2.45, 2.75) is 69.1 Å². The summed E-state index contributed by atoms with van der Waals surface area (Å²) in [5.41, 5.74) is 6.16. The van der Waals surface area contributed by atoms with Gasteiger partial charge in [0.25, 0.3) is 0 Å². The number of rotatable bonds is 5. The lowest BCUT2D eigenvalue weighted by Gasteiger charge is -2.51. The third-order valence-electron chi connectivity index (χ3n) is 8.37. The van der Waals surface area contributed by atoms with Gasteiger partial charge in [0.15, 0.2) is 5.60 Å². The highest BCUT2D eigenvalue weighted by atomic mass is 19.4. The van der Waals surface area contributed by atoms with Crippen molar-refractivity contribution < 1.29 is 27.1 Å². The molecule has 1 fully saturated rings. The van der Waals surface area contributed by atoms with Crippen LogP contribution in [-0.4, -0.2) is 34.1 Å². The molecule has 0 unspecified atom stereocenters. The Hall–Kier alpha value is -2.94. The zero-order valence-corrected chi connectivity index (χ0v) is 20.1. The maximum atomic E-state index is 14.3. The van der Waals surface area contributed by atoms with E-state index < -0.39 is 29.7 Å². The average Bonchev–Trinajstić information content (AvgIpc) is 3.18. The highest BCUT2D eigenvalue weighted by Crippen LogP contribution is 2.58. The standard InChI is InChI=1S/C27H29F4N3O2/c1-2-25-10-11-26(27(29,30)31,36-16-24(32)35)14-19(25)5-3-4-17-13-23-18(12-22(17)25)15-33-34(23)21-8-6-20(28)7-9-21/h6-9,12-13,15,19H,2-5,10-11,14,16H2,1H3,(H2,32,35)/t19-,25+,26+/m1/s1. The zero-order valence-electron chi connectivity index (χ0n) is 20.1. The number of fused-ring (bicyclic) bond motifs is 4. The summed E-state index contributed by atoms with van der Waals surface area (Å²) in [6.07, 6.45) is -0.119. The minimum Gasteiger partial charge on any atom is -0.368 e. The van der Waals surface area contributed by atoms with Crippen molar-refractivity contribution in [2.75, 3.05) is 6.61 Å². The molecule has 36 heavy (non-hydrogen) atoms. The summed E-state index contributed by atoms with van der Waals surface area (Å²) >= 11 is 0. The number of carbonyl (C=O) groups excluding carboxylic acids is 1. The summed E-state index contributed by atoms with van der Waals surface area (Å²) in [6, 6.07) is 10.3. The van der Waals surface area contributed by atoms with Crippen LogP contribution in [0.25, 0.3) is 16.6 Å². The number of carbonyl (C=O) groups is 1. The quantitative estimate of drug-likeness (QED) is 0.451. The lowest BCUT2D eigenvalue weighted by Crippen LogP contribution is -2.57. The van der Waals surface area contributed by atoms with E-state index in [2.05, 4.69) is 17.2 Å². The molecule has 1 saturated carbocycles. The smallest absolute Gasteiger partial charge is 0.368 e. The van der Waals surface area contributed by atoms with Gasteiger partial charge in [-0.25, -0.2) is 9.07 Å². The largest absolute Gasteiger partial charge is 0.417 e. The molecule has 3 atom stereocenters. The third kappa shape index (κ3) is 3.97. The molecule has 1 heterocycles. The first-order valence-electron chi connectivity index (χ1n) is 12.3. The summed E-state index contributed by atoms with van der Waals surface area (Å²) in [4.78, 5) is 11.3. The highest BCUT2D eigenvalue weighted by Gasteiger charge is 2.62. The second-order valence-corrected chi connectivity index (χ2v) is 10.2. The highest BCUT2D eigenvalue weighted by molar-refractivity contribution is 5.82. The van der Waals surface area contributed by atoms with Crippen molar-refractivity contribution in [2.24, 2.45) is 11.7 Å². The van der Waals surface area contributed by atoms with Gasteiger partial charge >= 0.3 is 6.18 Å². The van der Waals surface area contributed by atoms with Crippen molar-refractivity contribution in [3.8, 4) is 5.69 Å². The number of aromatic nitrogens is 2. The van der Waals surface area contributed by atoms with Crippen LogP contribution in [0, 0.1) is 11.7 Å². The van der Waals surface area contributed by atoms with E-state index in [0.717, 1.165) is 40.6 Å². The van der Waals surface area contributed by atoms with Gasteiger partial charge in [0.2, 0.25) is 5.91 Å². The Balaban J connectivity index is 1.57. The Labute approximate surface area is 206 Å². The molecule has 3 aromatic rings. The van der Waals surface area contributed by atoms with E-state index in [1.54, 1.807) is 23.0 Å². The van der Waals surface area contributed by atoms with Crippen LogP contribution in [0.5, 0.6) is 0 Å². The van der Waals surface area contributed by atoms with Gasteiger partial charge in [-0.05, 0) is 104 Å². The minimum absolute atomic E-state index is 0.191. The fourth-order valence-corrected chi connectivity index (χ4v) is 6.51. The molecule has 0 radical (unpaired) electrons. The summed E-state index contributed by atoms with van der Waals surface area (Å²) < 4.78 is 63.4. The predicted octanol–water partition coefficient (Wildman–Crippen LogP) is 5.75. The van der Waals surface area contributed by atoms with Crippen LogP contribution in [0.2, 0.25) is 0 Å². The molecule has 0 saturated heterocycles. The number of halogens is 4. The number of aryl methyl sites for hydroxylation is 1. The van der Waals surface area contributed by atoms with Crippen LogP contribution in [0.3, 0.4) is 0 Å². The average molecular weight is 504 g/mol. The van der Waals surface area contributed by atoms with Crippen molar-refractivity contribution >= 4 is 16.8 Å². The fourth-order valence-electron chi connectivity index (χ4n) is 6.51. The van der Waals surface area contributed by atoms with Gasteiger partial charge in [0.1, 0.15) is 12.4 Å². The second kappa shape index (κ2) is 8.87. The molecular formula is C27H29F4N3O2. The van der Waals surface area contributed by atoms with Crippen molar-refractivity contribution in [1.82, 2.24) is 9.78 Å². The second-order valence-electron chi connectivity index (χ2n) is 10.2. The first-order chi connectivity index (χ1) is 17.1. The lowest BCUT2D eigenvalue weighted by molar-refractivity contribution is -0.294. The van der Waals surface area contributed by atoms with Crippen LogP contribution in [-0.2, 0) is 21.4 Å². The van der Waals surface area contributed by atoms with Crippen LogP contribution < -0.4 is 5.73 Å². The predicted molar refractivity (Wildman–Crippen MR) is 127 cm³/mol. The SMILES string of the molecule is CC[C@]12CC[C@@](OCC(N)=O)(C(F)(F)F)C[C@H]1CCCc1cc3c(cnn3-c3ccc(F)cc3)cc12. The number of nitrogens with two attached hydrogens (primary N) is 1. The van der Waals surface area contributed by atoms with Gasteiger partial charge in [-0.15, -0.1) is 0 Å². The molecule has 1 aromatic heterocycles. The van der Waals surface area contributed by atoms with E-state index in [1.807, 2.05) is 6.92 Å². The Kier molecular flexibility index (Phi) is 6.09. The normalized spacial score (nSPS) is 26.3.